The van der Waals surface area contributed by atoms with Crippen molar-refractivity contribution < 1.29 is 13.2 Å². The Balaban J connectivity index is 1.56. The number of carbonyl (C=O) groups is 1. The standard InChI is InChI=1S/C19H15ClN6O5S2/c1-21-10-2-4-12-13(8-10)24-19(29)26(17(12)27)15-6-3-11(9-22-15)23-18(28)25-33(30,31)16-7-5-14(20)32-16/h2-9,21H,1H3,(H,24,29)(H2,23,25,28). The molecule has 0 radical (unpaired) electrons. The van der Waals surface area contributed by atoms with Gasteiger partial charge in [-0.3, -0.25) is 4.79 Å². The largest absolute Gasteiger partial charge is 0.388 e. The van der Waals surface area contributed by atoms with E-state index < -0.39 is 27.3 Å². The molecule has 0 saturated heterocycles. The molecule has 11 nitrogen and oxygen atoms in total. The molecule has 4 aromatic rings. The number of sulfonamides is 1. The van der Waals surface area contributed by atoms with Crippen molar-refractivity contribution in [3.8, 4) is 5.82 Å². The van der Waals surface area contributed by atoms with Crippen molar-refractivity contribution in [1.29, 1.82) is 0 Å². The number of carbonyl (C=O) groups excluding carboxylic acids is 1. The van der Waals surface area contributed by atoms with E-state index in [2.05, 4.69) is 20.6 Å². The molecule has 170 valence electrons. The third kappa shape index (κ3) is 4.60. The second kappa shape index (κ2) is 8.69. The smallest absolute Gasteiger partial charge is 0.334 e. The third-order valence-corrected chi connectivity index (χ3v) is 7.52. The van der Waals surface area contributed by atoms with E-state index in [0.717, 1.165) is 21.6 Å². The van der Waals surface area contributed by atoms with Crippen LogP contribution in [0.1, 0.15) is 0 Å². The van der Waals surface area contributed by atoms with Crippen molar-refractivity contribution in [2.75, 3.05) is 17.7 Å². The molecule has 0 spiro atoms. The van der Waals surface area contributed by atoms with Crippen molar-refractivity contribution in [2.45, 2.75) is 4.21 Å². The van der Waals surface area contributed by atoms with Gasteiger partial charge in [0.2, 0.25) is 0 Å². The summed E-state index contributed by atoms with van der Waals surface area (Å²) in [6, 6.07) is 9.29. The summed E-state index contributed by atoms with van der Waals surface area (Å²) in [6.07, 6.45) is 1.18. The van der Waals surface area contributed by atoms with E-state index in [1.807, 2.05) is 4.72 Å². The summed E-state index contributed by atoms with van der Waals surface area (Å²) in [6.45, 7) is 0. The molecule has 3 aromatic heterocycles. The van der Waals surface area contributed by atoms with Crippen LogP contribution >= 0.6 is 22.9 Å². The van der Waals surface area contributed by atoms with Crippen molar-refractivity contribution in [3.63, 3.8) is 0 Å². The van der Waals surface area contributed by atoms with Crippen LogP contribution in [0.2, 0.25) is 4.34 Å². The highest BCUT2D eigenvalue weighted by Crippen LogP contribution is 2.25. The number of H-pyrrole nitrogens is 1. The molecule has 1 aromatic carbocycles. The highest BCUT2D eigenvalue weighted by molar-refractivity contribution is 7.92. The Labute approximate surface area is 195 Å². The summed E-state index contributed by atoms with van der Waals surface area (Å²) in [7, 11) is -2.38. The van der Waals surface area contributed by atoms with E-state index in [4.69, 9.17) is 11.6 Å². The van der Waals surface area contributed by atoms with Gasteiger partial charge in [-0.25, -0.2) is 32.3 Å². The molecule has 14 heteroatoms. The molecule has 33 heavy (non-hydrogen) atoms. The quantitative estimate of drug-likeness (QED) is 0.323. The first-order chi connectivity index (χ1) is 15.7. The predicted molar refractivity (Wildman–Crippen MR) is 126 cm³/mol. The van der Waals surface area contributed by atoms with Crippen LogP contribution < -0.4 is 26.6 Å². The maximum absolute atomic E-state index is 12.8. The predicted octanol–water partition coefficient (Wildman–Crippen LogP) is 2.34. The van der Waals surface area contributed by atoms with E-state index in [1.165, 1.54) is 30.5 Å². The molecule has 0 aliphatic rings. The number of hydrogen-bond acceptors (Lipinski definition) is 8. The van der Waals surface area contributed by atoms with E-state index in [9.17, 15) is 22.8 Å². The number of nitrogens with one attached hydrogen (secondary N) is 4. The summed E-state index contributed by atoms with van der Waals surface area (Å²) in [5.74, 6) is 0.0210. The third-order valence-electron chi connectivity index (χ3n) is 4.46. The summed E-state index contributed by atoms with van der Waals surface area (Å²) >= 11 is 6.53. The van der Waals surface area contributed by atoms with Gasteiger partial charge in [-0.15, -0.1) is 11.3 Å². The molecule has 0 bridgehead atoms. The van der Waals surface area contributed by atoms with Gasteiger partial charge in [0, 0.05) is 12.7 Å². The molecule has 3 heterocycles. The molecule has 4 rings (SSSR count). The molecule has 4 N–H and O–H groups in total. The number of pyridine rings is 1. The highest BCUT2D eigenvalue weighted by atomic mass is 35.5. The van der Waals surface area contributed by atoms with Gasteiger partial charge in [0.25, 0.3) is 15.6 Å². The summed E-state index contributed by atoms with van der Waals surface area (Å²) in [5, 5.41) is 5.54. The minimum Gasteiger partial charge on any atom is -0.388 e. The van der Waals surface area contributed by atoms with Crippen LogP contribution in [-0.2, 0) is 10.0 Å². The van der Waals surface area contributed by atoms with Crippen molar-refractivity contribution in [1.82, 2.24) is 19.3 Å². The monoisotopic (exact) mass is 506 g/mol. The lowest BCUT2D eigenvalue weighted by Crippen LogP contribution is -2.35. The molecule has 0 fully saturated rings. The Kier molecular flexibility index (Phi) is 5.93. The number of aromatic nitrogens is 3. The zero-order valence-electron chi connectivity index (χ0n) is 16.7. The van der Waals surface area contributed by atoms with Gasteiger partial charge >= 0.3 is 11.7 Å². The molecule has 0 aliphatic carbocycles. The van der Waals surface area contributed by atoms with Gasteiger partial charge in [0.1, 0.15) is 10.0 Å². The molecular weight excluding hydrogens is 492 g/mol. The number of benzene rings is 1. The lowest BCUT2D eigenvalue weighted by atomic mass is 10.2. The molecular formula is C19H15ClN6O5S2. The molecule has 0 unspecified atom stereocenters. The first-order valence-electron chi connectivity index (χ1n) is 9.20. The van der Waals surface area contributed by atoms with Gasteiger partial charge in [-0.1, -0.05) is 11.6 Å². The van der Waals surface area contributed by atoms with Gasteiger partial charge in [0.15, 0.2) is 0 Å². The van der Waals surface area contributed by atoms with Crippen LogP contribution in [0.25, 0.3) is 16.7 Å². The molecule has 0 atom stereocenters. The fraction of sp³-hybridized carbons (Fsp3) is 0.0526. The Bertz CT molecular complexity index is 1590. The number of fused-ring (bicyclic) bond motifs is 1. The maximum Gasteiger partial charge on any atom is 0.334 e. The van der Waals surface area contributed by atoms with Crippen molar-refractivity contribution in [2.24, 2.45) is 0 Å². The number of nitrogens with zero attached hydrogens (tertiary/aromatic N) is 2. The fourth-order valence-electron chi connectivity index (χ4n) is 2.94. The Morgan fingerprint density at radius 3 is 2.52 bits per heavy atom. The lowest BCUT2D eigenvalue weighted by molar-refractivity contribution is 0.256. The van der Waals surface area contributed by atoms with E-state index in [1.54, 1.807) is 25.2 Å². The number of anilines is 2. The number of rotatable bonds is 5. The molecule has 0 aliphatic heterocycles. The number of halogens is 1. The van der Waals surface area contributed by atoms with E-state index in [-0.39, 0.29) is 25.4 Å². The van der Waals surface area contributed by atoms with Gasteiger partial charge in [-0.2, -0.15) is 0 Å². The highest BCUT2D eigenvalue weighted by Gasteiger charge is 2.20. The molecule has 2 amide bonds. The van der Waals surface area contributed by atoms with Crippen LogP contribution in [0.3, 0.4) is 0 Å². The summed E-state index contributed by atoms with van der Waals surface area (Å²) < 4.78 is 27.2. The average Bonchev–Trinajstić information content (AvgIpc) is 3.21. The number of urea groups is 1. The summed E-state index contributed by atoms with van der Waals surface area (Å²) in [4.78, 5) is 44.1. The fourth-order valence-corrected chi connectivity index (χ4v) is 5.33. The minimum atomic E-state index is -4.09. The SMILES string of the molecule is CNc1ccc2c(=O)n(-c3ccc(NC(=O)NS(=O)(=O)c4ccc(Cl)s4)cn3)c(=O)[nH]c2c1. The second-order valence-electron chi connectivity index (χ2n) is 6.60. The zero-order chi connectivity index (χ0) is 23.8. The number of aromatic amines is 1. The van der Waals surface area contributed by atoms with Crippen LogP contribution in [0, 0.1) is 0 Å². The number of thiophene rings is 1. The Morgan fingerprint density at radius 1 is 1.12 bits per heavy atom. The van der Waals surface area contributed by atoms with Crippen LogP contribution in [0.5, 0.6) is 0 Å². The first kappa shape index (κ1) is 22.5. The maximum atomic E-state index is 12.8. The van der Waals surface area contributed by atoms with Gasteiger partial charge < -0.3 is 15.6 Å². The first-order valence-corrected chi connectivity index (χ1v) is 11.9. The van der Waals surface area contributed by atoms with Crippen LogP contribution in [0.15, 0.2) is 62.5 Å². The van der Waals surface area contributed by atoms with Gasteiger partial charge in [-0.05, 0) is 42.5 Å². The van der Waals surface area contributed by atoms with E-state index in [0.29, 0.717) is 5.52 Å². The van der Waals surface area contributed by atoms with Crippen molar-refractivity contribution in [3.05, 3.63) is 73.8 Å². The van der Waals surface area contributed by atoms with Gasteiger partial charge in [0.05, 0.1) is 27.1 Å². The second-order valence-corrected chi connectivity index (χ2v) is 10.2. The Morgan fingerprint density at radius 2 is 1.88 bits per heavy atom. The van der Waals surface area contributed by atoms with Crippen molar-refractivity contribution >= 4 is 61.3 Å². The topological polar surface area (TPSA) is 155 Å². The molecule has 0 saturated carbocycles. The number of hydrogen-bond donors (Lipinski definition) is 4. The van der Waals surface area contributed by atoms with Crippen LogP contribution in [0.4, 0.5) is 16.2 Å². The normalized spacial score (nSPS) is 11.3. The van der Waals surface area contributed by atoms with Crippen LogP contribution in [-0.4, -0.2) is 36.0 Å². The van der Waals surface area contributed by atoms with E-state index >= 15 is 0 Å². The summed E-state index contributed by atoms with van der Waals surface area (Å²) in [5.41, 5.74) is -0.0160. The Hall–Kier alpha value is -3.68. The number of amides is 2. The minimum absolute atomic E-state index is 0.0210. The zero-order valence-corrected chi connectivity index (χ0v) is 19.1. The average molecular weight is 507 g/mol. The lowest BCUT2D eigenvalue weighted by Gasteiger charge is -2.09.